The van der Waals surface area contributed by atoms with Crippen molar-refractivity contribution in [3.63, 3.8) is 0 Å². The van der Waals surface area contributed by atoms with Gasteiger partial charge >= 0.3 is 0 Å². The molecule has 0 spiro atoms. The molecule has 6 heteroatoms. The zero-order chi connectivity index (χ0) is 17.9. The highest BCUT2D eigenvalue weighted by atomic mass is 16.1. The van der Waals surface area contributed by atoms with Crippen molar-refractivity contribution < 1.29 is 4.79 Å². The van der Waals surface area contributed by atoms with E-state index in [0.717, 1.165) is 16.8 Å². The summed E-state index contributed by atoms with van der Waals surface area (Å²) >= 11 is 0. The summed E-state index contributed by atoms with van der Waals surface area (Å²) < 4.78 is 1.93. The molecule has 0 aliphatic carbocycles. The highest BCUT2D eigenvalue weighted by Crippen LogP contribution is 2.16. The number of nitrogens with zero attached hydrogens (tertiary/aromatic N) is 4. The van der Waals surface area contributed by atoms with Crippen molar-refractivity contribution in [2.45, 2.75) is 13.0 Å². The van der Waals surface area contributed by atoms with E-state index in [1.165, 1.54) is 6.20 Å². The first-order chi connectivity index (χ1) is 12.7. The van der Waals surface area contributed by atoms with Crippen LogP contribution in [0.15, 0.2) is 73.4 Å². The van der Waals surface area contributed by atoms with Crippen molar-refractivity contribution in [2.24, 2.45) is 0 Å². The lowest BCUT2D eigenvalue weighted by atomic mass is 10.1. The molecule has 4 aromatic rings. The molecular formula is C20H17N5O. The number of rotatable bonds is 4. The van der Waals surface area contributed by atoms with Gasteiger partial charge in [-0.05, 0) is 36.8 Å². The Labute approximate surface area is 150 Å². The number of fused-ring (bicyclic) bond motifs is 1. The molecule has 4 rings (SSSR count). The number of hydrogen-bond donors (Lipinski definition) is 1. The number of carbonyl (C=O) groups is 1. The predicted octanol–water partition coefficient (Wildman–Crippen LogP) is 3.31. The first-order valence-electron chi connectivity index (χ1n) is 8.31. The van der Waals surface area contributed by atoms with Gasteiger partial charge in [-0.2, -0.15) is 0 Å². The summed E-state index contributed by atoms with van der Waals surface area (Å²) in [5.74, 6) is -0.241. The van der Waals surface area contributed by atoms with Crippen LogP contribution in [0, 0.1) is 0 Å². The Morgan fingerprint density at radius 3 is 2.58 bits per heavy atom. The summed E-state index contributed by atoms with van der Waals surface area (Å²) in [5, 5.41) is 2.97. The van der Waals surface area contributed by atoms with Gasteiger partial charge in [0.15, 0.2) is 0 Å². The molecule has 0 saturated heterocycles. The van der Waals surface area contributed by atoms with Crippen LogP contribution >= 0.6 is 0 Å². The molecule has 0 saturated carbocycles. The number of hydrogen-bond acceptors (Lipinski definition) is 4. The van der Waals surface area contributed by atoms with Crippen LogP contribution in [0.4, 0.5) is 0 Å². The lowest BCUT2D eigenvalue weighted by Crippen LogP contribution is -2.27. The van der Waals surface area contributed by atoms with Crippen LogP contribution in [-0.4, -0.2) is 25.4 Å². The Morgan fingerprint density at radius 1 is 1.08 bits per heavy atom. The van der Waals surface area contributed by atoms with Crippen LogP contribution in [0.3, 0.4) is 0 Å². The minimum atomic E-state index is -0.241. The van der Waals surface area contributed by atoms with E-state index >= 15 is 0 Å². The van der Waals surface area contributed by atoms with E-state index in [1.54, 1.807) is 12.5 Å². The zero-order valence-electron chi connectivity index (χ0n) is 14.2. The first-order valence-corrected chi connectivity index (χ1v) is 8.31. The molecule has 2 heterocycles. The number of amides is 1. The molecule has 0 aliphatic rings. The summed E-state index contributed by atoms with van der Waals surface area (Å²) in [7, 11) is 0. The molecule has 0 bridgehead atoms. The van der Waals surface area contributed by atoms with Crippen molar-refractivity contribution in [3.8, 4) is 5.69 Å². The maximum Gasteiger partial charge on any atom is 0.271 e. The van der Waals surface area contributed by atoms with Crippen LogP contribution in [-0.2, 0) is 0 Å². The molecule has 128 valence electrons. The second kappa shape index (κ2) is 6.76. The molecule has 0 radical (unpaired) electrons. The number of imidazole rings is 1. The van der Waals surface area contributed by atoms with Gasteiger partial charge in [0, 0.05) is 18.1 Å². The quantitative estimate of drug-likeness (QED) is 0.617. The summed E-state index contributed by atoms with van der Waals surface area (Å²) in [4.78, 5) is 25.2. The molecule has 1 atom stereocenters. The summed E-state index contributed by atoms with van der Waals surface area (Å²) in [6.07, 6.45) is 6.88. The van der Waals surface area contributed by atoms with Crippen LogP contribution in [0.5, 0.6) is 0 Å². The zero-order valence-corrected chi connectivity index (χ0v) is 14.2. The normalized spacial score (nSPS) is 12.0. The SMILES string of the molecule is C[C@@H](NC(=O)c1cnc2ccccc2n1)c1ccc(-n2ccnc2)cc1. The van der Waals surface area contributed by atoms with Crippen molar-refractivity contribution in [1.82, 2.24) is 24.8 Å². The Balaban J connectivity index is 1.49. The van der Waals surface area contributed by atoms with Gasteiger partial charge in [0.25, 0.3) is 5.91 Å². The summed E-state index contributed by atoms with van der Waals surface area (Å²) in [6, 6.07) is 15.3. The third kappa shape index (κ3) is 3.17. The number of para-hydroxylation sites is 2. The number of aromatic nitrogens is 4. The Hall–Kier alpha value is -3.54. The summed E-state index contributed by atoms with van der Waals surface area (Å²) in [5.41, 5.74) is 3.82. The van der Waals surface area contributed by atoms with E-state index in [1.807, 2.05) is 66.2 Å². The fourth-order valence-electron chi connectivity index (χ4n) is 2.77. The topological polar surface area (TPSA) is 72.7 Å². The molecule has 2 aromatic carbocycles. The first kappa shape index (κ1) is 16.0. The minimum absolute atomic E-state index is 0.146. The van der Waals surface area contributed by atoms with E-state index in [-0.39, 0.29) is 11.9 Å². The lowest BCUT2D eigenvalue weighted by Gasteiger charge is -2.15. The van der Waals surface area contributed by atoms with Crippen molar-refractivity contribution in [1.29, 1.82) is 0 Å². The molecule has 1 amide bonds. The van der Waals surface area contributed by atoms with Crippen LogP contribution in [0.2, 0.25) is 0 Å². The van der Waals surface area contributed by atoms with Crippen LogP contribution in [0.1, 0.15) is 29.0 Å². The third-order valence-electron chi connectivity index (χ3n) is 4.22. The van der Waals surface area contributed by atoms with Crippen molar-refractivity contribution in [2.75, 3.05) is 0 Å². The molecular weight excluding hydrogens is 326 g/mol. The Morgan fingerprint density at radius 2 is 1.85 bits per heavy atom. The fraction of sp³-hybridized carbons (Fsp3) is 0.100. The van der Waals surface area contributed by atoms with Gasteiger partial charge in [-0.3, -0.25) is 9.78 Å². The molecule has 0 fully saturated rings. The average Bonchev–Trinajstić information content (AvgIpc) is 3.22. The monoisotopic (exact) mass is 343 g/mol. The largest absolute Gasteiger partial charge is 0.344 e. The van der Waals surface area contributed by atoms with Gasteiger partial charge in [-0.15, -0.1) is 0 Å². The van der Waals surface area contributed by atoms with Crippen LogP contribution in [0.25, 0.3) is 16.7 Å². The van der Waals surface area contributed by atoms with Gasteiger partial charge in [-0.1, -0.05) is 24.3 Å². The molecule has 1 N–H and O–H groups in total. The maximum absolute atomic E-state index is 12.5. The molecule has 0 unspecified atom stereocenters. The van der Waals surface area contributed by atoms with Gasteiger partial charge < -0.3 is 9.88 Å². The molecule has 6 nitrogen and oxygen atoms in total. The smallest absolute Gasteiger partial charge is 0.271 e. The predicted molar refractivity (Wildman–Crippen MR) is 99.0 cm³/mol. The fourth-order valence-corrected chi connectivity index (χ4v) is 2.77. The molecule has 0 aliphatic heterocycles. The third-order valence-corrected chi connectivity index (χ3v) is 4.22. The van der Waals surface area contributed by atoms with Crippen molar-refractivity contribution in [3.05, 3.63) is 84.7 Å². The molecule has 26 heavy (non-hydrogen) atoms. The number of nitrogens with one attached hydrogen (secondary N) is 1. The van der Waals surface area contributed by atoms with Gasteiger partial charge in [0.2, 0.25) is 0 Å². The van der Waals surface area contributed by atoms with E-state index in [0.29, 0.717) is 11.2 Å². The Bertz CT molecular complexity index is 1040. The second-order valence-corrected chi connectivity index (χ2v) is 6.00. The average molecular weight is 343 g/mol. The van der Waals surface area contributed by atoms with E-state index in [2.05, 4.69) is 20.3 Å². The Kier molecular flexibility index (Phi) is 4.15. The van der Waals surface area contributed by atoms with Gasteiger partial charge in [0.05, 0.1) is 29.6 Å². The highest BCUT2D eigenvalue weighted by Gasteiger charge is 2.13. The van der Waals surface area contributed by atoms with Gasteiger partial charge in [0.1, 0.15) is 5.69 Å². The lowest BCUT2D eigenvalue weighted by molar-refractivity contribution is 0.0935. The second-order valence-electron chi connectivity index (χ2n) is 6.00. The van der Waals surface area contributed by atoms with E-state index in [9.17, 15) is 4.79 Å². The van der Waals surface area contributed by atoms with Crippen LogP contribution < -0.4 is 5.32 Å². The number of carbonyl (C=O) groups excluding carboxylic acids is 1. The summed E-state index contributed by atoms with van der Waals surface area (Å²) in [6.45, 7) is 1.94. The number of benzene rings is 2. The minimum Gasteiger partial charge on any atom is -0.344 e. The standard InChI is InChI=1S/C20H17N5O/c1-14(15-6-8-16(9-7-15)25-11-10-21-13-25)23-20(26)19-12-22-17-4-2-3-5-18(17)24-19/h2-14H,1H3,(H,23,26)/t14-/m1/s1. The van der Waals surface area contributed by atoms with Gasteiger partial charge in [-0.25, -0.2) is 9.97 Å². The highest BCUT2D eigenvalue weighted by molar-refractivity contribution is 5.94. The molecule has 2 aromatic heterocycles. The van der Waals surface area contributed by atoms with E-state index in [4.69, 9.17) is 0 Å². The van der Waals surface area contributed by atoms with Crippen molar-refractivity contribution >= 4 is 16.9 Å². The maximum atomic E-state index is 12.5. The van der Waals surface area contributed by atoms with E-state index < -0.39 is 0 Å².